The summed E-state index contributed by atoms with van der Waals surface area (Å²) in [4.78, 5) is 21.0. The van der Waals surface area contributed by atoms with Crippen LogP contribution in [0.15, 0.2) is 36.7 Å². The molecule has 10 heteroatoms. The molecule has 172 valence electrons. The number of aromatic nitrogens is 3. The summed E-state index contributed by atoms with van der Waals surface area (Å²) in [6.45, 7) is 5.50. The van der Waals surface area contributed by atoms with Crippen molar-refractivity contribution in [3.63, 3.8) is 0 Å². The van der Waals surface area contributed by atoms with Crippen LogP contribution < -0.4 is 14.8 Å². The molecule has 0 bridgehead atoms. The van der Waals surface area contributed by atoms with E-state index in [1.54, 1.807) is 19.2 Å². The maximum atomic E-state index is 11.5. The highest BCUT2D eigenvalue weighted by molar-refractivity contribution is 7.17. The second-order valence-electron chi connectivity index (χ2n) is 7.21. The first-order chi connectivity index (χ1) is 15.9. The highest BCUT2D eigenvalue weighted by Crippen LogP contribution is 2.36. The molecule has 33 heavy (non-hydrogen) atoms. The number of carboxylic acids is 1. The van der Waals surface area contributed by atoms with Crippen molar-refractivity contribution in [3.05, 3.63) is 52.3 Å². The average molecular weight is 487 g/mol. The molecule has 0 fully saturated rings. The van der Waals surface area contributed by atoms with Gasteiger partial charge >= 0.3 is 5.97 Å². The van der Waals surface area contributed by atoms with Gasteiger partial charge in [-0.1, -0.05) is 11.6 Å². The number of carbonyl (C=O) groups is 1. The van der Waals surface area contributed by atoms with E-state index in [4.69, 9.17) is 21.1 Å². The number of nitrogens with one attached hydrogen (secondary N) is 1. The summed E-state index contributed by atoms with van der Waals surface area (Å²) in [6.07, 6.45) is 1.45. The molecule has 0 aliphatic carbocycles. The largest absolute Gasteiger partial charge is 0.496 e. The van der Waals surface area contributed by atoms with Crippen LogP contribution in [-0.4, -0.2) is 45.9 Å². The summed E-state index contributed by atoms with van der Waals surface area (Å²) in [7, 11) is 1.65. The highest BCUT2D eigenvalue weighted by Gasteiger charge is 2.18. The van der Waals surface area contributed by atoms with Crippen LogP contribution in [0.3, 0.4) is 0 Å². The molecule has 0 amide bonds. The topological polar surface area (TPSA) is 98.5 Å². The molecule has 2 N–H and O–H groups in total. The number of benzene rings is 1. The molecule has 0 aliphatic rings. The van der Waals surface area contributed by atoms with Gasteiger partial charge in [0.15, 0.2) is 4.88 Å². The van der Waals surface area contributed by atoms with Crippen molar-refractivity contribution >= 4 is 45.6 Å². The zero-order valence-corrected chi connectivity index (χ0v) is 20.0. The SMILES string of the molecule is CCOc1cc(-c2cc(NCCn3c(C)cc4c(OC)ccc(Cl)c43)ncn2)sc1C(=O)O. The normalized spacial score (nSPS) is 11.0. The highest BCUT2D eigenvalue weighted by atomic mass is 35.5. The first kappa shape index (κ1) is 22.9. The second-order valence-corrected chi connectivity index (χ2v) is 8.67. The minimum atomic E-state index is -1.02. The summed E-state index contributed by atoms with van der Waals surface area (Å²) in [6, 6.07) is 9.27. The molecule has 3 aromatic heterocycles. The van der Waals surface area contributed by atoms with E-state index in [0.29, 0.717) is 46.9 Å². The number of carboxylic acid groups (broad SMARTS) is 1. The molecule has 0 unspecified atom stereocenters. The summed E-state index contributed by atoms with van der Waals surface area (Å²) in [5, 5.41) is 14.4. The van der Waals surface area contributed by atoms with Gasteiger partial charge in [-0.15, -0.1) is 11.3 Å². The number of fused-ring (bicyclic) bond motifs is 1. The minimum absolute atomic E-state index is 0.155. The average Bonchev–Trinajstić information content (AvgIpc) is 3.37. The molecule has 4 rings (SSSR count). The Kier molecular flexibility index (Phi) is 6.71. The third kappa shape index (κ3) is 4.60. The van der Waals surface area contributed by atoms with Gasteiger partial charge in [-0.25, -0.2) is 14.8 Å². The number of anilines is 1. The number of aryl methyl sites for hydroxylation is 1. The van der Waals surface area contributed by atoms with Crippen LogP contribution >= 0.6 is 22.9 Å². The fraction of sp³-hybridized carbons (Fsp3) is 0.261. The van der Waals surface area contributed by atoms with Gasteiger partial charge in [0, 0.05) is 36.3 Å². The van der Waals surface area contributed by atoms with Gasteiger partial charge in [0.25, 0.3) is 0 Å². The van der Waals surface area contributed by atoms with Crippen LogP contribution in [-0.2, 0) is 6.54 Å². The molecule has 8 nitrogen and oxygen atoms in total. The van der Waals surface area contributed by atoms with E-state index >= 15 is 0 Å². The van der Waals surface area contributed by atoms with E-state index in [0.717, 1.165) is 33.7 Å². The Bertz CT molecular complexity index is 1320. The lowest BCUT2D eigenvalue weighted by atomic mass is 10.2. The van der Waals surface area contributed by atoms with Crippen molar-refractivity contribution < 1.29 is 19.4 Å². The number of hydrogen-bond donors (Lipinski definition) is 2. The van der Waals surface area contributed by atoms with Crippen molar-refractivity contribution in [2.24, 2.45) is 0 Å². The maximum absolute atomic E-state index is 11.5. The monoisotopic (exact) mass is 486 g/mol. The summed E-state index contributed by atoms with van der Waals surface area (Å²) in [5.74, 6) is 0.751. The fourth-order valence-corrected chi connectivity index (χ4v) is 4.88. The minimum Gasteiger partial charge on any atom is -0.496 e. The van der Waals surface area contributed by atoms with Crippen LogP contribution in [0.5, 0.6) is 11.5 Å². The van der Waals surface area contributed by atoms with Crippen molar-refractivity contribution in [1.82, 2.24) is 14.5 Å². The summed E-state index contributed by atoms with van der Waals surface area (Å²) >= 11 is 7.61. The Labute approximate surface area is 199 Å². The van der Waals surface area contributed by atoms with Crippen LogP contribution in [0.1, 0.15) is 22.3 Å². The lowest BCUT2D eigenvalue weighted by molar-refractivity contribution is 0.0698. The predicted octanol–water partition coefficient (Wildman–Crippen LogP) is 5.34. The number of nitrogens with zero attached hydrogens (tertiary/aromatic N) is 3. The molecule has 0 spiro atoms. The quantitative estimate of drug-likeness (QED) is 0.329. The maximum Gasteiger partial charge on any atom is 0.349 e. The lowest BCUT2D eigenvalue weighted by Crippen LogP contribution is -2.12. The van der Waals surface area contributed by atoms with E-state index in [9.17, 15) is 9.90 Å². The van der Waals surface area contributed by atoms with Gasteiger partial charge in [-0.05, 0) is 32.0 Å². The zero-order valence-electron chi connectivity index (χ0n) is 18.4. The van der Waals surface area contributed by atoms with Crippen LogP contribution in [0.25, 0.3) is 21.5 Å². The Morgan fingerprint density at radius 1 is 1.24 bits per heavy atom. The van der Waals surface area contributed by atoms with E-state index in [1.807, 2.05) is 26.0 Å². The fourth-order valence-electron chi connectivity index (χ4n) is 3.70. The number of ether oxygens (including phenoxy) is 2. The number of methoxy groups -OCH3 is 1. The number of thiophene rings is 1. The third-order valence-electron chi connectivity index (χ3n) is 5.15. The number of hydrogen-bond acceptors (Lipinski definition) is 7. The van der Waals surface area contributed by atoms with Gasteiger partial charge in [0.05, 0.1) is 34.8 Å². The number of aromatic carboxylic acids is 1. The molecular formula is C23H23ClN4O4S. The van der Waals surface area contributed by atoms with E-state index in [1.165, 1.54) is 6.33 Å². The van der Waals surface area contributed by atoms with E-state index < -0.39 is 5.97 Å². The summed E-state index contributed by atoms with van der Waals surface area (Å²) < 4.78 is 13.1. The van der Waals surface area contributed by atoms with Crippen molar-refractivity contribution in [3.8, 4) is 22.1 Å². The molecular weight excluding hydrogens is 464 g/mol. The van der Waals surface area contributed by atoms with Crippen molar-refractivity contribution in [2.45, 2.75) is 20.4 Å². The van der Waals surface area contributed by atoms with E-state index in [2.05, 4.69) is 25.9 Å². The molecule has 0 atom stereocenters. The Morgan fingerprint density at radius 3 is 2.79 bits per heavy atom. The zero-order chi connectivity index (χ0) is 23.5. The lowest BCUT2D eigenvalue weighted by Gasteiger charge is -2.12. The number of halogens is 1. The second kappa shape index (κ2) is 9.68. The van der Waals surface area contributed by atoms with Crippen LogP contribution in [0.2, 0.25) is 5.02 Å². The number of rotatable bonds is 9. The molecule has 0 aliphatic heterocycles. The first-order valence-electron chi connectivity index (χ1n) is 10.3. The molecule has 3 heterocycles. The Morgan fingerprint density at radius 2 is 2.06 bits per heavy atom. The standard InChI is InChI=1S/C23H23ClN4O4S/c1-4-32-18-11-19(33-22(18)23(29)30)16-10-20(27-12-26-16)25-7-8-28-13(2)9-14-17(31-3)6-5-15(24)21(14)28/h5-6,9-12H,4,7-8H2,1-3H3,(H,29,30)(H,25,26,27). The molecule has 4 aromatic rings. The molecule has 0 radical (unpaired) electrons. The predicted molar refractivity (Wildman–Crippen MR) is 130 cm³/mol. The Hall–Kier alpha value is -3.30. The summed E-state index contributed by atoms with van der Waals surface area (Å²) in [5.41, 5.74) is 2.63. The molecule has 0 saturated carbocycles. The van der Waals surface area contributed by atoms with Crippen molar-refractivity contribution in [2.75, 3.05) is 25.6 Å². The van der Waals surface area contributed by atoms with E-state index in [-0.39, 0.29) is 4.88 Å². The van der Waals surface area contributed by atoms with Gasteiger partial charge in [0.1, 0.15) is 23.6 Å². The van der Waals surface area contributed by atoms with Gasteiger partial charge in [-0.3, -0.25) is 0 Å². The van der Waals surface area contributed by atoms with Crippen LogP contribution in [0.4, 0.5) is 5.82 Å². The molecule has 1 aromatic carbocycles. The molecule has 0 saturated heterocycles. The first-order valence-corrected chi connectivity index (χ1v) is 11.5. The van der Waals surface area contributed by atoms with Gasteiger partial charge in [0.2, 0.25) is 0 Å². The smallest absolute Gasteiger partial charge is 0.349 e. The third-order valence-corrected chi connectivity index (χ3v) is 6.58. The van der Waals surface area contributed by atoms with Gasteiger partial charge < -0.3 is 24.5 Å². The Balaban J connectivity index is 1.53. The van der Waals surface area contributed by atoms with Gasteiger partial charge in [-0.2, -0.15) is 0 Å². The van der Waals surface area contributed by atoms with Crippen molar-refractivity contribution in [1.29, 1.82) is 0 Å². The van der Waals surface area contributed by atoms with Crippen LogP contribution in [0, 0.1) is 6.92 Å².